The van der Waals surface area contributed by atoms with Gasteiger partial charge < -0.3 is 0 Å². The minimum atomic E-state index is 0.968. The Morgan fingerprint density at radius 1 is 1.15 bits per heavy atom. The molecule has 0 spiro atoms. The molecule has 2 bridgehead atoms. The Morgan fingerprint density at radius 3 is 2.69 bits per heavy atom. The van der Waals surface area contributed by atoms with Gasteiger partial charge in [0.25, 0.3) is 0 Å². The minimum Gasteiger partial charge on any atom is -0.0841 e. The van der Waals surface area contributed by atoms with Gasteiger partial charge in [-0.15, -0.1) is 0 Å². The molecule has 0 heteroatoms. The monoisotopic (exact) mass is 176 g/mol. The maximum Gasteiger partial charge on any atom is -0.0137 e. The number of fused-ring (bicyclic) bond motifs is 4. The van der Waals surface area contributed by atoms with Crippen LogP contribution >= 0.6 is 0 Å². The Labute approximate surface area is 81.4 Å². The van der Waals surface area contributed by atoms with E-state index in [0.29, 0.717) is 0 Å². The maximum atomic E-state index is 2.53. The fourth-order valence-corrected chi connectivity index (χ4v) is 3.97. The first-order valence-electron chi connectivity index (χ1n) is 5.97. The van der Waals surface area contributed by atoms with Gasteiger partial charge in [0.2, 0.25) is 0 Å². The maximum absolute atomic E-state index is 2.53. The fraction of sp³-hybridized carbons (Fsp3) is 0.846. The van der Waals surface area contributed by atoms with Gasteiger partial charge in [-0.2, -0.15) is 0 Å². The van der Waals surface area contributed by atoms with E-state index >= 15 is 0 Å². The van der Waals surface area contributed by atoms with Gasteiger partial charge in [-0.1, -0.05) is 25.5 Å². The van der Waals surface area contributed by atoms with Gasteiger partial charge in [0.05, 0.1) is 0 Å². The summed E-state index contributed by atoms with van der Waals surface area (Å²) in [5, 5.41) is 0. The third-order valence-corrected chi connectivity index (χ3v) is 5.19. The lowest BCUT2D eigenvalue weighted by Crippen LogP contribution is -2.28. The van der Waals surface area contributed by atoms with E-state index in [1.165, 1.54) is 25.7 Å². The lowest BCUT2D eigenvalue weighted by molar-refractivity contribution is 0.213. The highest BCUT2D eigenvalue weighted by molar-refractivity contribution is 5.25. The second-order valence-corrected chi connectivity index (χ2v) is 5.53. The summed E-state index contributed by atoms with van der Waals surface area (Å²) in [6.45, 7) is 4.99. The van der Waals surface area contributed by atoms with Gasteiger partial charge in [-0.05, 0) is 55.3 Å². The SMILES string of the molecule is CC1C2CC[C@@H](C2)C2=CCC2C1C. The van der Waals surface area contributed by atoms with Crippen molar-refractivity contribution in [1.82, 2.24) is 0 Å². The molecule has 2 fully saturated rings. The van der Waals surface area contributed by atoms with Crippen LogP contribution in [0.15, 0.2) is 11.6 Å². The molecule has 3 aliphatic rings. The van der Waals surface area contributed by atoms with Crippen molar-refractivity contribution >= 4 is 0 Å². The van der Waals surface area contributed by atoms with Crippen molar-refractivity contribution in [3.05, 3.63) is 11.6 Å². The Balaban J connectivity index is 1.95. The summed E-state index contributed by atoms with van der Waals surface area (Å²) >= 11 is 0. The molecule has 2 saturated carbocycles. The number of hydrogen-bond acceptors (Lipinski definition) is 0. The largest absolute Gasteiger partial charge is 0.0841 e. The zero-order valence-corrected chi connectivity index (χ0v) is 8.79. The molecule has 0 nitrogen and oxygen atoms in total. The number of allylic oxidation sites excluding steroid dienone is 2. The zero-order chi connectivity index (χ0) is 9.00. The molecule has 5 atom stereocenters. The molecule has 0 saturated heterocycles. The van der Waals surface area contributed by atoms with Gasteiger partial charge in [0.1, 0.15) is 0 Å². The summed E-state index contributed by atoms with van der Waals surface area (Å²) in [5.41, 5.74) is 1.86. The molecule has 0 aliphatic heterocycles. The predicted molar refractivity (Wildman–Crippen MR) is 55.3 cm³/mol. The molecular formula is C13H20. The van der Waals surface area contributed by atoms with Crippen molar-refractivity contribution in [2.75, 3.05) is 0 Å². The highest BCUT2D eigenvalue weighted by atomic mass is 14.5. The lowest BCUT2D eigenvalue weighted by Gasteiger charge is -2.38. The van der Waals surface area contributed by atoms with Crippen molar-refractivity contribution in [3.8, 4) is 0 Å². The van der Waals surface area contributed by atoms with E-state index in [2.05, 4.69) is 19.9 Å². The van der Waals surface area contributed by atoms with Crippen LogP contribution in [0, 0.1) is 29.6 Å². The molecule has 0 heterocycles. The smallest absolute Gasteiger partial charge is 0.0137 e. The van der Waals surface area contributed by atoms with Crippen LogP contribution < -0.4 is 0 Å². The summed E-state index contributed by atoms with van der Waals surface area (Å²) < 4.78 is 0. The van der Waals surface area contributed by atoms with Crippen LogP contribution in [0.3, 0.4) is 0 Å². The first-order valence-corrected chi connectivity index (χ1v) is 5.97. The third-order valence-electron chi connectivity index (χ3n) is 5.19. The summed E-state index contributed by atoms with van der Waals surface area (Å²) in [6, 6.07) is 0. The van der Waals surface area contributed by atoms with E-state index in [1.54, 1.807) is 0 Å². The van der Waals surface area contributed by atoms with Crippen molar-refractivity contribution in [2.45, 2.75) is 39.5 Å². The summed E-state index contributed by atoms with van der Waals surface area (Å²) in [6.07, 6.45) is 8.47. The van der Waals surface area contributed by atoms with E-state index in [0.717, 1.165) is 29.6 Å². The number of hydrogen-bond donors (Lipinski definition) is 0. The van der Waals surface area contributed by atoms with Crippen LogP contribution in [0.25, 0.3) is 0 Å². The molecule has 0 N–H and O–H groups in total. The summed E-state index contributed by atoms with van der Waals surface area (Å²) in [7, 11) is 0. The van der Waals surface area contributed by atoms with E-state index in [9.17, 15) is 0 Å². The van der Waals surface area contributed by atoms with Crippen LogP contribution in [0.4, 0.5) is 0 Å². The van der Waals surface area contributed by atoms with E-state index in [-0.39, 0.29) is 0 Å². The fourth-order valence-electron chi connectivity index (χ4n) is 3.97. The van der Waals surface area contributed by atoms with Crippen molar-refractivity contribution in [3.63, 3.8) is 0 Å². The van der Waals surface area contributed by atoms with Gasteiger partial charge in [-0.3, -0.25) is 0 Å². The van der Waals surface area contributed by atoms with Crippen molar-refractivity contribution < 1.29 is 0 Å². The Hall–Kier alpha value is -0.260. The van der Waals surface area contributed by atoms with Gasteiger partial charge in [-0.25, -0.2) is 0 Å². The molecule has 3 aliphatic carbocycles. The van der Waals surface area contributed by atoms with Crippen LogP contribution in [-0.2, 0) is 0 Å². The van der Waals surface area contributed by atoms with E-state index in [4.69, 9.17) is 0 Å². The van der Waals surface area contributed by atoms with Gasteiger partial charge >= 0.3 is 0 Å². The second-order valence-electron chi connectivity index (χ2n) is 5.53. The molecule has 0 aromatic heterocycles. The zero-order valence-electron chi connectivity index (χ0n) is 8.79. The third kappa shape index (κ3) is 0.978. The summed E-state index contributed by atoms with van der Waals surface area (Å²) in [5.74, 6) is 5.02. The Morgan fingerprint density at radius 2 is 2.00 bits per heavy atom. The average molecular weight is 176 g/mol. The quantitative estimate of drug-likeness (QED) is 0.494. The molecule has 0 radical (unpaired) electrons. The van der Waals surface area contributed by atoms with Crippen LogP contribution in [0.5, 0.6) is 0 Å². The lowest BCUT2D eigenvalue weighted by atomic mass is 9.67. The predicted octanol–water partition coefficient (Wildman–Crippen LogP) is 3.63. The molecule has 0 aromatic carbocycles. The first-order chi connectivity index (χ1) is 6.27. The van der Waals surface area contributed by atoms with E-state index < -0.39 is 0 Å². The highest BCUT2D eigenvalue weighted by Gasteiger charge is 2.44. The molecule has 0 amide bonds. The molecule has 13 heavy (non-hydrogen) atoms. The van der Waals surface area contributed by atoms with Gasteiger partial charge in [0, 0.05) is 0 Å². The Bertz CT molecular complexity index is 251. The molecular weight excluding hydrogens is 156 g/mol. The highest BCUT2D eigenvalue weighted by Crippen LogP contribution is 2.54. The number of rotatable bonds is 0. The minimum absolute atomic E-state index is 0.968. The van der Waals surface area contributed by atoms with Crippen LogP contribution in [0.2, 0.25) is 0 Å². The molecule has 72 valence electrons. The molecule has 3 rings (SSSR count). The second kappa shape index (κ2) is 2.62. The average Bonchev–Trinajstić information content (AvgIpc) is 2.47. The molecule has 0 aromatic rings. The first kappa shape index (κ1) is 8.08. The molecule has 4 unspecified atom stereocenters. The van der Waals surface area contributed by atoms with Crippen LogP contribution in [0.1, 0.15) is 39.5 Å². The topological polar surface area (TPSA) is 0 Å². The normalized spacial score (nSPS) is 53.4. The van der Waals surface area contributed by atoms with Crippen molar-refractivity contribution in [2.24, 2.45) is 29.6 Å². The van der Waals surface area contributed by atoms with Crippen molar-refractivity contribution in [1.29, 1.82) is 0 Å². The van der Waals surface area contributed by atoms with Crippen LogP contribution in [-0.4, -0.2) is 0 Å². The van der Waals surface area contributed by atoms with Gasteiger partial charge in [0.15, 0.2) is 0 Å². The van der Waals surface area contributed by atoms with E-state index in [1.807, 2.05) is 5.57 Å². The standard InChI is InChI=1S/C13H20/c1-8-9(2)12-5-6-13(12)11-4-3-10(8)7-11/h6,8-12H,3-5,7H2,1-2H3/t8?,9?,10?,11-,12?/m0/s1. The summed E-state index contributed by atoms with van der Waals surface area (Å²) in [4.78, 5) is 0. The Kier molecular flexibility index (Phi) is 1.63.